The zero-order valence-electron chi connectivity index (χ0n) is 11.1. The van der Waals surface area contributed by atoms with Gasteiger partial charge < -0.3 is 10.3 Å². The van der Waals surface area contributed by atoms with Gasteiger partial charge in [-0.25, -0.2) is 24.9 Å². The summed E-state index contributed by atoms with van der Waals surface area (Å²) in [6.45, 7) is 2.08. The SMILES string of the molecule is CCc1c(NC)ncnc1Sc1ncnc2nc[nH]c12. The molecular formula is C12H13N7S. The lowest BCUT2D eigenvalue weighted by atomic mass is 10.2. The molecule has 0 atom stereocenters. The van der Waals surface area contributed by atoms with Gasteiger partial charge in [-0.1, -0.05) is 6.92 Å². The molecule has 2 N–H and O–H groups in total. The van der Waals surface area contributed by atoms with Gasteiger partial charge in [0.15, 0.2) is 5.65 Å². The molecule has 3 heterocycles. The van der Waals surface area contributed by atoms with Crippen molar-refractivity contribution in [1.82, 2.24) is 29.9 Å². The topological polar surface area (TPSA) is 92.3 Å². The van der Waals surface area contributed by atoms with Gasteiger partial charge in [0, 0.05) is 12.6 Å². The van der Waals surface area contributed by atoms with Crippen LogP contribution in [0.4, 0.5) is 5.82 Å². The number of fused-ring (bicyclic) bond motifs is 1. The van der Waals surface area contributed by atoms with E-state index in [9.17, 15) is 0 Å². The number of H-pyrrole nitrogens is 1. The van der Waals surface area contributed by atoms with Crippen LogP contribution < -0.4 is 5.32 Å². The minimum Gasteiger partial charge on any atom is -0.373 e. The van der Waals surface area contributed by atoms with E-state index in [-0.39, 0.29) is 0 Å². The largest absolute Gasteiger partial charge is 0.373 e. The van der Waals surface area contributed by atoms with Crippen LogP contribution in [-0.2, 0) is 6.42 Å². The summed E-state index contributed by atoms with van der Waals surface area (Å²) < 4.78 is 0. The highest BCUT2D eigenvalue weighted by Crippen LogP contribution is 2.32. The Balaban J connectivity index is 2.05. The van der Waals surface area contributed by atoms with Crippen LogP contribution in [0, 0.1) is 0 Å². The van der Waals surface area contributed by atoms with E-state index >= 15 is 0 Å². The Bertz CT molecular complexity index is 740. The molecule has 0 unspecified atom stereocenters. The lowest BCUT2D eigenvalue weighted by Crippen LogP contribution is -2.01. The van der Waals surface area contributed by atoms with Gasteiger partial charge in [0.05, 0.1) is 6.33 Å². The Labute approximate surface area is 119 Å². The van der Waals surface area contributed by atoms with Crippen molar-refractivity contribution in [3.8, 4) is 0 Å². The van der Waals surface area contributed by atoms with Gasteiger partial charge in [-0.2, -0.15) is 0 Å². The second kappa shape index (κ2) is 5.41. The van der Waals surface area contributed by atoms with Crippen molar-refractivity contribution in [2.24, 2.45) is 0 Å². The molecule has 8 heteroatoms. The predicted molar refractivity (Wildman–Crippen MR) is 76.8 cm³/mol. The Morgan fingerprint density at radius 3 is 2.70 bits per heavy atom. The third-order valence-corrected chi connectivity index (χ3v) is 3.93. The zero-order valence-corrected chi connectivity index (χ0v) is 11.9. The van der Waals surface area contributed by atoms with E-state index in [1.54, 1.807) is 12.7 Å². The molecule has 0 aliphatic heterocycles. The number of aromatic nitrogens is 6. The van der Waals surface area contributed by atoms with Crippen LogP contribution in [0.3, 0.4) is 0 Å². The molecule has 0 aliphatic carbocycles. The maximum Gasteiger partial charge on any atom is 0.181 e. The molecule has 7 nitrogen and oxygen atoms in total. The summed E-state index contributed by atoms with van der Waals surface area (Å²) in [5.41, 5.74) is 2.55. The van der Waals surface area contributed by atoms with Gasteiger partial charge >= 0.3 is 0 Å². The minimum absolute atomic E-state index is 0.656. The Hall–Kier alpha value is -2.22. The number of imidazole rings is 1. The molecule has 0 aliphatic rings. The molecule has 3 aromatic heterocycles. The number of hydrogen-bond donors (Lipinski definition) is 2. The highest BCUT2D eigenvalue weighted by molar-refractivity contribution is 7.99. The minimum atomic E-state index is 0.656. The molecule has 0 spiro atoms. The van der Waals surface area contributed by atoms with E-state index in [2.05, 4.69) is 42.1 Å². The first-order chi connectivity index (χ1) is 9.83. The molecule has 0 bridgehead atoms. The molecule has 102 valence electrons. The standard InChI is InChI=1S/C12H13N7S/c1-3-7-9(13-2)15-5-18-11(7)20-12-8-10(16-4-14-8)17-6-19-12/h4-6H,3H2,1-2H3,(H,13,15,18)(H,14,16,17,19). The fourth-order valence-corrected chi connectivity index (χ4v) is 2.93. The van der Waals surface area contributed by atoms with Gasteiger partial charge in [0.25, 0.3) is 0 Å². The predicted octanol–water partition coefficient (Wildman–Crippen LogP) is 1.90. The van der Waals surface area contributed by atoms with E-state index in [0.29, 0.717) is 5.65 Å². The monoisotopic (exact) mass is 287 g/mol. The zero-order chi connectivity index (χ0) is 13.9. The summed E-state index contributed by atoms with van der Waals surface area (Å²) in [5, 5.41) is 4.79. The van der Waals surface area contributed by atoms with Crippen LogP contribution >= 0.6 is 11.8 Å². The Morgan fingerprint density at radius 2 is 1.90 bits per heavy atom. The molecule has 0 amide bonds. The first-order valence-electron chi connectivity index (χ1n) is 6.17. The number of nitrogens with one attached hydrogen (secondary N) is 2. The molecule has 0 radical (unpaired) electrons. The van der Waals surface area contributed by atoms with Crippen LogP contribution in [0.15, 0.2) is 29.0 Å². The highest BCUT2D eigenvalue weighted by Gasteiger charge is 2.13. The number of nitrogens with zero attached hydrogens (tertiary/aromatic N) is 5. The van der Waals surface area contributed by atoms with E-state index in [1.165, 1.54) is 18.1 Å². The lowest BCUT2D eigenvalue weighted by Gasteiger charge is -2.10. The maximum absolute atomic E-state index is 4.36. The van der Waals surface area contributed by atoms with Crippen molar-refractivity contribution < 1.29 is 0 Å². The smallest absolute Gasteiger partial charge is 0.181 e. The van der Waals surface area contributed by atoms with Crippen molar-refractivity contribution in [2.75, 3.05) is 12.4 Å². The molecular weight excluding hydrogens is 274 g/mol. The Kier molecular flexibility index (Phi) is 3.46. The van der Waals surface area contributed by atoms with Crippen LogP contribution in [0.5, 0.6) is 0 Å². The third-order valence-electron chi connectivity index (χ3n) is 2.88. The fraction of sp³-hybridized carbons (Fsp3) is 0.250. The van der Waals surface area contributed by atoms with E-state index < -0.39 is 0 Å². The van der Waals surface area contributed by atoms with Crippen molar-refractivity contribution in [3.05, 3.63) is 24.5 Å². The summed E-state index contributed by atoms with van der Waals surface area (Å²) in [7, 11) is 1.85. The summed E-state index contributed by atoms with van der Waals surface area (Å²) in [5.74, 6) is 0.847. The normalized spacial score (nSPS) is 10.9. The first-order valence-corrected chi connectivity index (χ1v) is 6.98. The van der Waals surface area contributed by atoms with Crippen molar-refractivity contribution in [1.29, 1.82) is 0 Å². The van der Waals surface area contributed by atoms with E-state index in [0.717, 1.165) is 33.4 Å². The molecule has 0 aromatic carbocycles. The van der Waals surface area contributed by atoms with Gasteiger partial charge in [0.2, 0.25) is 0 Å². The van der Waals surface area contributed by atoms with Crippen molar-refractivity contribution >= 4 is 28.7 Å². The fourth-order valence-electron chi connectivity index (χ4n) is 1.93. The summed E-state index contributed by atoms with van der Waals surface area (Å²) in [6.07, 6.45) is 5.52. The van der Waals surface area contributed by atoms with Gasteiger partial charge in [0.1, 0.15) is 34.0 Å². The van der Waals surface area contributed by atoms with Gasteiger partial charge in [-0.05, 0) is 18.2 Å². The van der Waals surface area contributed by atoms with Crippen LogP contribution in [0.2, 0.25) is 0 Å². The van der Waals surface area contributed by atoms with E-state index in [4.69, 9.17) is 0 Å². The molecule has 0 saturated heterocycles. The number of aromatic amines is 1. The van der Waals surface area contributed by atoms with Crippen LogP contribution in [0.25, 0.3) is 11.2 Å². The maximum atomic E-state index is 4.36. The molecule has 3 aromatic rings. The van der Waals surface area contributed by atoms with Gasteiger partial charge in [-0.3, -0.25) is 0 Å². The average Bonchev–Trinajstić information content (AvgIpc) is 2.96. The Morgan fingerprint density at radius 1 is 1.10 bits per heavy atom. The van der Waals surface area contributed by atoms with E-state index in [1.807, 2.05) is 7.05 Å². The molecule has 0 saturated carbocycles. The highest BCUT2D eigenvalue weighted by atomic mass is 32.2. The van der Waals surface area contributed by atoms with Crippen LogP contribution in [-0.4, -0.2) is 37.0 Å². The average molecular weight is 287 g/mol. The van der Waals surface area contributed by atoms with Crippen molar-refractivity contribution in [3.63, 3.8) is 0 Å². The third kappa shape index (κ3) is 2.18. The number of hydrogen-bond acceptors (Lipinski definition) is 7. The molecule has 3 rings (SSSR count). The van der Waals surface area contributed by atoms with Crippen molar-refractivity contribution in [2.45, 2.75) is 23.4 Å². The second-order valence-corrected chi connectivity index (χ2v) is 4.97. The number of anilines is 1. The summed E-state index contributed by atoms with van der Waals surface area (Å²) in [4.78, 5) is 24.2. The van der Waals surface area contributed by atoms with Crippen LogP contribution in [0.1, 0.15) is 12.5 Å². The summed E-state index contributed by atoms with van der Waals surface area (Å²) >= 11 is 1.49. The quantitative estimate of drug-likeness (QED) is 0.708. The molecule has 0 fully saturated rings. The van der Waals surface area contributed by atoms with Gasteiger partial charge in [-0.15, -0.1) is 0 Å². The summed E-state index contributed by atoms with van der Waals surface area (Å²) in [6, 6.07) is 0. The number of rotatable bonds is 4. The molecule has 20 heavy (non-hydrogen) atoms. The second-order valence-electron chi connectivity index (χ2n) is 3.99. The first kappa shape index (κ1) is 12.8. The lowest BCUT2D eigenvalue weighted by molar-refractivity contribution is 0.943.